The smallest absolute Gasteiger partial charge is 0.264 e. The SMILES string of the molecule is O=C(CN(c1ccc(Cl)cc1Cl)S(=O)(=O)c1ccccc1)N/N=C\c1ccc(Cl)c(Cl)c1. The number of carbonyl (C=O) groups is 1. The maximum atomic E-state index is 13.3. The van der Waals surface area contributed by atoms with Crippen LogP contribution < -0.4 is 9.73 Å². The van der Waals surface area contributed by atoms with Gasteiger partial charge in [0, 0.05) is 5.02 Å². The highest BCUT2D eigenvalue weighted by molar-refractivity contribution is 7.92. The van der Waals surface area contributed by atoms with E-state index in [4.69, 9.17) is 46.4 Å². The number of hydrogen-bond acceptors (Lipinski definition) is 4. The molecule has 11 heteroatoms. The Hall–Kier alpha value is -2.29. The summed E-state index contributed by atoms with van der Waals surface area (Å²) in [4.78, 5) is 12.5. The summed E-state index contributed by atoms with van der Waals surface area (Å²) >= 11 is 24.0. The van der Waals surface area contributed by atoms with E-state index in [1.54, 1.807) is 36.4 Å². The molecule has 3 rings (SSSR count). The first-order valence-corrected chi connectivity index (χ1v) is 11.9. The summed E-state index contributed by atoms with van der Waals surface area (Å²) < 4.78 is 27.4. The fraction of sp³-hybridized carbons (Fsp3) is 0.0476. The molecule has 0 heterocycles. The second-order valence-electron chi connectivity index (χ2n) is 6.39. The number of anilines is 1. The number of benzene rings is 3. The van der Waals surface area contributed by atoms with Crippen molar-refractivity contribution in [2.45, 2.75) is 4.90 Å². The zero-order valence-electron chi connectivity index (χ0n) is 16.2. The third-order valence-electron chi connectivity index (χ3n) is 4.14. The van der Waals surface area contributed by atoms with Crippen LogP contribution in [0.15, 0.2) is 76.7 Å². The van der Waals surface area contributed by atoms with Crippen molar-refractivity contribution in [2.75, 3.05) is 10.8 Å². The molecule has 0 aromatic heterocycles. The van der Waals surface area contributed by atoms with Crippen LogP contribution >= 0.6 is 46.4 Å². The molecule has 3 aromatic rings. The highest BCUT2D eigenvalue weighted by Gasteiger charge is 2.28. The van der Waals surface area contributed by atoms with Crippen LogP contribution in [0, 0.1) is 0 Å². The predicted molar refractivity (Wildman–Crippen MR) is 130 cm³/mol. The number of halogens is 4. The number of hydrogen-bond donors (Lipinski definition) is 1. The van der Waals surface area contributed by atoms with Crippen molar-refractivity contribution in [2.24, 2.45) is 5.10 Å². The Morgan fingerprint density at radius 2 is 1.62 bits per heavy atom. The second-order valence-corrected chi connectivity index (χ2v) is 9.91. The Morgan fingerprint density at radius 3 is 2.28 bits per heavy atom. The quantitative estimate of drug-likeness (QED) is 0.317. The van der Waals surface area contributed by atoms with Gasteiger partial charge in [0.1, 0.15) is 6.54 Å². The maximum absolute atomic E-state index is 13.3. The van der Waals surface area contributed by atoms with E-state index in [9.17, 15) is 13.2 Å². The van der Waals surface area contributed by atoms with Crippen LogP contribution in [-0.2, 0) is 14.8 Å². The molecule has 0 unspecified atom stereocenters. The summed E-state index contributed by atoms with van der Waals surface area (Å²) in [5.41, 5.74) is 2.99. The molecule has 0 saturated carbocycles. The fourth-order valence-electron chi connectivity index (χ4n) is 2.64. The molecule has 0 atom stereocenters. The lowest BCUT2D eigenvalue weighted by Crippen LogP contribution is -2.39. The second kappa shape index (κ2) is 10.6. The molecular weight excluding hydrogens is 516 g/mol. The lowest BCUT2D eigenvalue weighted by Gasteiger charge is -2.24. The van der Waals surface area contributed by atoms with Gasteiger partial charge < -0.3 is 0 Å². The van der Waals surface area contributed by atoms with Crippen LogP contribution in [0.25, 0.3) is 0 Å². The highest BCUT2D eigenvalue weighted by atomic mass is 35.5. The van der Waals surface area contributed by atoms with Crippen molar-refractivity contribution in [1.29, 1.82) is 0 Å². The third kappa shape index (κ3) is 5.94. The first-order chi connectivity index (χ1) is 15.2. The van der Waals surface area contributed by atoms with Gasteiger partial charge in [0.25, 0.3) is 15.9 Å². The van der Waals surface area contributed by atoms with Crippen molar-refractivity contribution in [1.82, 2.24) is 5.43 Å². The van der Waals surface area contributed by atoms with Gasteiger partial charge in [-0.05, 0) is 48.0 Å². The molecule has 3 aromatic carbocycles. The van der Waals surface area contributed by atoms with Crippen LogP contribution in [0.4, 0.5) is 5.69 Å². The number of hydrazone groups is 1. The Kier molecular flexibility index (Phi) is 8.03. The molecule has 0 saturated heterocycles. The summed E-state index contributed by atoms with van der Waals surface area (Å²) in [6.07, 6.45) is 1.35. The summed E-state index contributed by atoms with van der Waals surface area (Å²) in [6.45, 7) is -0.572. The molecule has 0 aliphatic rings. The minimum Gasteiger partial charge on any atom is -0.271 e. The van der Waals surface area contributed by atoms with E-state index in [1.807, 2.05) is 0 Å². The van der Waals surface area contributed by atoms with Crippen molar-refractivity contribution in [3.05, 3.63) is 92.4 Å². The predicted octanol–water partition coefficient (Wildman–Crippen LogP) is 5.65. The molecule has 1 amide bonds. The fourth-order valence-corrected chi connectivity index (χ4v) is 4.97. The van der Waals surface area contributed by atoms with Gasteiger partial charge in [-0.3, -0.25) is 9.10 Å². The standard InChI is InChI=1S/C21H15Cl4N3O3S/c22-15-7-9-20(19(25)11-15)28(32(30,31)16-4-2-1-3-5-16)13-21(29)27-26-12-14-6-8-17(23)18(24)10-14/h1-12H,13H2,(H,27,29)/b26-12-. The van der Waals surface area contributed by atoms with Crippen LogP contribution in [0.5, 0.6) is 0 Å². The van der Waals surface area contributed by atoms with Gasteiger partial charge in [-0.2, -0.15) is 5.10 Å². The Bertz CT molecular complexity index is 1270. The van der Waals surface area contributed by atoms with Crippen molar-refractivity contribution < 1.29 is 13.2 Å². The Labute approximate surface area is 205 Å². The number of nitrogens with one attached hydrogen (secondary N) is 1. The van der Waals surface area contributed by atoms with Crippen LogP contribution in [0.1, 0.15) is 5.56 Å². The number of carbonyl (C=O) groups excluding carboxylic acids is 1. The van der Waals surface area contributed by atoms with Gasteiger partial charge >= 0.3 is 0 Å². The molecule has 0 bridgehead atoms. The maximum Gasteiger partial charge on any atom is 0.264 e. The van der Waals surface area contributed by atoms with Crippen molar-refractivity contribution >= 4 is 74.2 Å². The van der Waals surface area contributed by atoms with Crippen LogP contribution in [0.3, 0.4) is 0 Å². The van der Waals surface area contributed by atoms with E-state index in [2.05, 4.69) is 10.5 Å². The lowest BCUT2D eigenvalue weighted by atomic mass is 10.2. The molecule has 166 valence electrons. The molecule has 6 nitrogen and oxygen atoms in total. The topological polar surface area (TPSA) is 78.8 Å². The van der Waals surface area contributed by atoms with Crippen LogP contribution in [0.2, 0.25) is 20.1 Å². The molecule has 0 spiro atoms. The Morgan fingerprint density at radius 1 is 0.906 bits per heavy atom. The third-order valence-corrected chi connectivity index (χ3v) is 7.19. The average molecular weight is 531 g/mol. The number of rotatable bonds is 7. The van der Waals surface area contributed by atoms with Gasteiger partial charge in [-0.15, -0.1) is 0 Å². The highest BCUT2D eigenvalue weighted by Crippen LogP contribution is 2.32. The minimum absolute atomic E-state index is 0.00174. The van der Waals surface area contributed by atoms with Crippen molar-refractivity contribution in [3.63, 3.8) is 0 Å². The van der Waals surface area contributed by atoms with Crippen molar-refractivity contribution in [3.8, 4) is 0 Å². The monoisotopic (exact) mass is 529 g/mol. The Balaban J connectivity index is 1.86. The van der Waals surface area contributed by atoms with Gasteiger partial charge in [0.15, 0.2) is 0 Å². The number of nitrogens with zero attached hydrogens (tertiary/aromatic N) is 2. The molecule has 0 aliphatic heterocycles. The van der Waals surface area contributed by atoms with Gasteiger partial charge in [-0.25, -0.2) is 13.8 Å². The van der Waals surface area contributed by atoms with Gasteiger partial charge in [0.2, 0.25) is 0 Å². The largest absolute Gasteiger partial charge is 0.271 e. The summed E-state index contributed by atoms with van der Waals surface area (Å²) in [6, 6.07) is 16.8. The zero-order chi connectivity index (χ0) is 23.3. The van der Waals surface area contributed by atoms with Gasteiger partial charge in [-0.1, -0.05) is 70.7 Å². The number of sulfonamides is 1. The molecule has 1 N–H and O–H groups in total. The van der Waals surface area contributed by atoms with Gasteiger partial charge in [0.05, 0.1) is 31.9 Å². The average Bonchev–Trinajstić information content (AvgIpc) is 2.75. The van der Waals surface area contributed by atoms with E-state index >= 15 is 0 Å². The minimum atomic E-state index is -4.11. The molecular formula is C21H15Cl4N3O3S. The van der Waals surface area contributed by atoms with Crippen LogP contribution in [-0.4, -0.2) is 27.1 Å². The van der Waals surface area contributed by atoms with E-state index in [-0.39, 0.29) is 15.6 Å². The normalized spacial score (nSPS) is 11.5. The van der Waals surface area contributed by atoms with E-state index in [1.165, 1.54) is 36.5 Å². The van der Waals surface area contributed by atoms with E-state index < -0.39 is 22.5 Å². The molecule has 0 fully saturated rings. The molecule has 0 aliphatic carbocycles. The summed E-state index contributed by atoms with van der Waals surface area (Å²) in [5, 5.41) is 4.96. The van der Waals surface area contributed by atoms with E-state index in [0.29, 0.717) is 20.6 Å². The lowest BCUT2D eigenvalue weighted by molar-refractivity contribution is -0.119. The first-order valence-electron chi connectivity index (χ1n) is 8.98. The van der Waals surface area contributed by atoms with E-state index in [0.717, 1.165) is 4.31 Å². The molecule has 32 heavy (non-hydrogen) atoms. The molecule has 0 radical (unpaired) electrons. The first kappa shape index (κ1) is 24.4. The summed E-state index contributed by atoms with van der Waals surface area (Å²) in [5.74, 6) is -0.688. The zero-order valence-corrected chi connectivity index (χ0v) is 20.0. The summed E-state index contributed by atoms with van der Waals surface area (Å²) in [7, 11) is -4.11. The number of amides is 1.